The van der Waals surface area contributed by atoms with Gasteiger partial charge in [-0.3, -0.25) is 9.59 Å². The molecule has 4 heteroatoms. The van der Waals surface area contributed by atoms with Gasteiger partial charge < -0.3 is 10.4 Å². The Labute approximate surface area is 111 Å². The van der Waals surface area contributed by atoms with E-state index in [1.807, 2.05) is 18.2 Å². The minimum absolute atomic E-state index is 0.0544. The Morgan fingerprint density at radius 3 is 2.53 bits per heavy atom. The number of rotatable bonds is 3. The third-order valence-electron chi connectivity index (χ3n) is 4.38. The number of carboxylic acids is 1. The number of carbonyl (C=O) groups excluding carboxylic acids is 1. The third-order valence-corrected chi connectivity index (χ3v) is 4.38. The molecule has 0 spiro atoms. The average Bonchev–Trinajstić information content (AvgIpc) is 2.70. The predicted octanol–water partition coefficient (Wildman–Crippen LogP) is 1.90. The summed E-state index contributed by atoms with van der Waals surface area (Å²) in [5.74, 6) is -1.78. The first kappa shape index (κ1) is 12.2. The molecule has 19 heavy (non-hydrogen) atoms. The highest BCUT2D eigenvalue weighted by atomic mass is 16.4. The van der Waals surface area contributed by atoms with Gasteiger partial charge in [-0.15, -0.1) is 0 Å². The highest BCUT2D eigenvalue weighted by molar-refractivity contribution is 5.86. The molecule has 2 aliphatic carbocycles. The molecule has 0 aliphatic heterocycles. The summed E-state index contributed by atoms with van der Waals surface area (Å²) in [5.41, 5.74) is 2.47. The summed E-state index contributed by atoms with van der Waals surface area (Å²) in [4.78, 5) is 23.1. The zero-order valence-electron chi connectivity index (χ0n) is 10.6. The Morgan fingerprint density at radius 1 is 1.11 bits per heavy atom. The van der Waals surface area contributed by atoms with Crippen molar-refractivity contribution in [1.82, 2.24) is 5.32 Å². The molecule has 3 atom stereocenters. The SMILES string of the molecule is O=C(O)C1CCC1C(=O)NC1CCc2ccccc21. The molecule has 0 saturated heterocycles. The van der Waals surface area contributed by atoms with Gasteiger partial charge in [0.1, 0.15) is 0 Å². The zero-order valence-corrected chi connectivity index (χ0v) is 10.6. The summed E-state index contributed by atoms with van der Waals surface area (Å²) in [7, 11) is 0. The van der Waals surface area contributed by atoms with Crippen LogP contribution in [0.5, 0.6) is 0 Å². The van der Waals surface area contributed by atoms with Crippen molar-refractivity contribution in [1.29, 1.82) is 0 Å². The van der Waals surface area contributed by atoms with Crippen LogP contribution in [-0.4, -0.2) is 17.0 Å². The van der Waals surface area contributed by atoms with Crippen molar-refractivity contribution in [2.24, 2.45) is 11.8 Å². The van der Waals surface area contributed by atoms with E-state index in [1.165, 1.54) is 11.1 Å². The van der Waals surface area contributed by atoms with E-state index in [1.54, 1.807) is 0 Å². The van der Waals surface area contributed by atoms with E-state index >= 15 is 0 Å². The molecule has 100 valence electrons. The van der Waals surface area contributed by atoms with Crippen LogP contribution in [0, 0.1) is 11.8 Å². The summed E-state index contributed by atoms with van der Waals surface area (Å²) in [6.07, 6.45) is 3.20. The van der Waals surface area contributed by atoms with E-state index in [-0.39, 0.29) is 17.9 Å². The number of nitrogens with one attached hydrogen (secondary N) is 1. The Kier molecular flexibility index (Phi) is 3.01. The summed E-state index contributed by atoms with van der Waals surface area (Å²) < 4.78 is 0. The molecule has 1 aromatic rings. The van der Waals surface area contributed by atoms with E-state index < -0.39 is 11.9 Å². The van der Waals surface area contributed by atoms with Gasteiger partial charge in [-0.1, -0.05) is 24.3 Å². The lowest BCUT2D eigenvalue weighted by Crippen LogP contribution is -2.44. The molecule has 0 aromatic heterocycles. The van der Waals surface area contributed by atoms with Crippen molar-refractivity contribution in [3.05, 3.63) is 35.4 Å². The van der Waals surface area contributed by atoms with Crippen molar-refractivity contribution in [3.63, 3.8) is 0 Å². The van der Waals surface area contributed by atoms with Crippen molar-refractivity contribution in [3.8, 4) is 0 Å². The second-order valence-electron chi connectivity index (χ2n) is 5.43. The lowest BCUT2D eigenvalue weighted by atomic mass is 9.73. The second kappa shape index (κ2) is 4.68. The molecule has 0 radical (unpaired) electrons. The normalized spacial score (nSPS) is 28.3. The minimum Gasteiger partial charge on any atom is -0.481 e. The minimum atomic E-state index is -0.849. The van der Waals surface area contributed by atoms with Gasteiger partial charge in [-0.2, -0.15) is 0 Å². The van der Waals surface area contributed by atoms with Gasteiger partial charge in [0.15, 0.2) is 0 Å². The summed E-state index contributed by atoms with van der Waals surface area (Å²) in [5, 5.41) is 12.0. The molecule has 0 bridgehead atoms. The molecule has 1 saturated carbocycles. The molecule has 2 N–H and O–H groups in total. The van der Waals surface area contributed by atoms with Crippen molar-refractivity contribution >= 4 is 11.9 Å². The fourth-order valence-corrected chi connectivity index (χ4v) is 3.10. The van der Waals surface area contributed by atoms with Gasteiger partial charge in [0, 0.05) is 0 Å². The maximum atomic E-state index is 12.1. The topological polar surface area (TPSA) is 66.4 Å². The van der Waals surface area contributed by atoms with Crippen LogP contribution in [0.25, 0.3) is 0 Å². The van der Waals surface area contributed by atoms with E-state index in [9.17, 15) is 9.59 Å². The second-order valence-corrected chi connectivity index (χ2v) is 5.43. The quantitative estimate of drug-likeness (QED) is 0.871. The lowest BCUT2D eigenvalue weighted by molar-refractivity contribution is -0.153. The van der Waals surface area contributed by atoms with Gasteiger partial charge >= 0.3 is 5.97 Å². The molecule has 3 unspecified atom stereocenters. The van der Waals surface area contributed by atoms with E-state index in [4.69, 9.17) is 5.11 Å². The van der Waals surface area contributed by atoms with Crippen LogP contribution in [0.1, 0.15) is 36.4 Å². The molecule has 1 amide bonds. The summed E-state index contributed by atoms with van der Waals surface area (Å²) >= 11 is 0. The fourth-order valence-electron chi connectivity index (χ4n) is 3.10. The van der Waals surface area contributed by atoms with Crippen LogP contribution in [0.2, 0.25) is 0 Å². The van der Waals surface area contributed by atoms with Crippen LogP contribution in [0.15, 0.2) is 24.3 Å². The van der Waals surface area contributed by atoms with Gasteiger partial charge in [-0.25, -0.2) is 0 Å². The van der Waals surface area contributed by atoms with Gasteiger partial charge in [0.2, 0.25) is 5.91 Å². The number of aliphatic carboxylic acids is 1. The average molecular weight is 259 g/mol. The molecular weight excluding hydrogens is 242 g/mol. The number of carbonyl (C=O) groups is 2. The highest BCUT2D eigenvalue weighted by Crippen LogP contribution is 2.36. The third kappa shape index (κ3) is 2.11. The number of aryl methyl sites for hydroxylation is 1. The van der Waals surface area contributed by atoms with Crippen LogP contribution in [0.3, 0.4) is 0 Å². The molecule has 1 aromatic carbocycles. The first-order valence-electron chi connectivity index (χ1n) is 6.78. The number of hydrogen-bond acceptors (Lipinski definition) is 2. The molecule has 0 heterocycles. The largest absolute Gasteiger partial charge is 0.481 e. The number of fused-ring (bicyclic) bond motifs is 1. The van der Waals surface area contributed by atoms with E-state index in [0.717, 1.165) is 12.8 Å². The van der Waals surface area contributed by atoms with E-state index in [2.05, 4.69) is 11.4 Å². The Morgan fingerprint density at radius 2 is 1.84 bits per heavy atom. The summed E-state index contributed by atoms with van der Waals surface area (Å²) in [6.45, 7) is 0. The Balaban J connectivity index is 1.67. The summed E-state index contributed by atoms with van der Waals surface area (Å²) in [6, 6.07) is 8.18. The van der Waals surface area contributed by atoms with E-state index in [0.29, 0.717) is 12.8 Å². The first-order chi connectivity index (χ1) is 9.16. The molecular formula is C15H17NO3. The number of amides is 1. The van der Waals surface area contributed by atoms with Crippen LogP contribution < -0.4 is 5.32 Å². The fraction of sp³-hybridized carbons (Fsp3) is 0.467. The molecule has 1 fully saturated rings. The van der Waals surface area contributed by atoms with Gasteiger partial charge in [0.05, 0.1) is 17.9 Å². The van der Waals surface area contributed by atoms with Gasteiger partial charge in [0.25, 0.3) is 0 Å². The smallest absolute Gasteiger partial charge is 0.307 e. The first-order valence-corrected chi connectivity index (χ1v) is 6.78. The Hall–Kier alpha value is -1.84. The zero-order chi connectivity index (χ0) is 13.4. The van der Waals surface area contributed by atoms with Crippen LogP contribution in [-0.2, 0) is 16.0 Å². The van der Waals surface area contributed by atoms with Gasteiger partial charge in [-0.05, 0) is 36.8 Å². The number of carboxylic acid groups (broad SMARTS) is 1. The standard InChI is InChI=1S/C15H17NO3/c17-14(11-6-7-12(11)15(18)19)16-13-8-5-9-3-1-2-4-10(9)13/h1-4,11-13H,5-8H2,(H,16,17)(H,18,19). The van der Waals surface area contributed by atoms with Crippen LogP contribution >= 0.6 is 0 Å². The van der Waals surface area contributed by atoms with Crippen molar-refractivity contribution in [2.45, 2.75) is 31.7 Å². The van der Waals surface area contributed by atoms with Crippen LogP contribution in [0.4, 0.5) is 0 Å². The number of hydrogen-bond donors (Lipinski definition) is 2. The van der Waals surface area contributed by atoms with Crippen molar-refractivity contribution < 1.29 is 14.7 Å². The molecule has 4 nitrogen and oxygen atoms in total. The number of benzene rings is 1. The highest BCUT2D eigenvalue weighted by Gasteiger charge is 2.42. The lowest BCUT2D eigenvalue weighted by Gasteiger charge is -2.33. The monoisotopic (exact) mass is 259 g/mol. The maximum Gasteiger partial charge on any atom is 0.307 e. The molecule has 3 rings (SSSR count). The Bertz CT molecular complexity index is 526. The maximum absolute atomic E-state index is 12.1. The van der Waals surface area contributed by atoms with Crippen molar-refractivity contribution in [2.75, 3.05) is 0 Å². The predicted molar refractivity (Wildman–Crippen MR) is 69.5 cm³/mol. The molecule has 2 aliphatic rings.